The van der Waals surface area contributed by atoms with Crippen molar-refractivity contribution in [3.05, 3.63) is 29.6 Å². The number of nitrogens with zero attached hydrogens (tertiary/aromatic N) is 2. The van der Waals surface area contributed by atoms with Crippen molar-refractivity contribution in [1.82, 2.24) is 9.88 Å². The SMILES string of the molecule is Cc1cccc(C(=O)N2CC[C@]3(CCOC3)C2)n1. The minimum atomic E-state index is 0.0578. The molecule has 2 aliphatic rings. The van der Waals surface area contributed by atoms with Crippen LogP contribution < -0.4 is 0 Å². The van der Waals surface area contributed by atoms with Gasteiger partial charge in [0.2, 0.25) is 0 Å². The Balaban J connectivity index is 1.74. The number of aryl methyl sites for hydroxylation is 1. The Bertz CT molecular complexity index is 467. The van der Waals surface area contributed by atoms with Gasteiger partial charge in [-0.05, 0) is 31.9 Å². The summed E-state index contributed by atoms with van der Waals surface area (Å²) < 4.78 is 5.48. The fourth-order valence-corrected chi connectivity index (χ4v) is 2.90. The van der Waals surface area contributed by atoms with Crippen molar-refractivity contribution in [2.75, 3.05) is 26.3 Å². The maximum atomic E-state index is 12.4. The molecule has 1 aromatic heterocycles. The monoisotopic (exact) mass is 246 g/mol. The summed E-state index contributed by atoms with van der Waals surface area (Å²) in [5.74, 6) is 0.0578. The van der Waals surface area contributed by atoms with Gasteiger partial charge in [0.25, 0.3) is 5.91 Å². The average molecular weight is 246 g/mol. The molecule has 18 heavy (non-hydrogen) atoms. The van der Waals surface area contributed by atoms with Crippen molar-refractivity contribution in [2.45, 2.75) is 19.8 Å². The van der Waals surface area contributed by atoms with E-state index in [0.717, 1.165) is 44.8 Å². The highest BCUT2D eigenvalue weighted by Gasteiger charge is 2.43. The van der Waals surface area contributed by atoms with E-state index in [1.165, 1.54) is 0 Å². The number of ether oxygens (including phenoxy) is 1. The minimum Gasteiger partial charge on any atom is -0.381 e. The summed E-state index contributed by atoms with van der Waals surface area (Å²) in [4.78, 5) is 18.6. The van der Waals surface area contributed by atoms with Gasteiger partial charge in [0.1, 0.15) is 5.69 Å². The zero-order valence-corrected chi connectivity index (χ0v) is 10.7. The van der Waals surface area contributed by atoms with Gasteiger partial charge in [0, 0.05) is 30.8 Å². The summed E-state index contributed by atoms with van der Waals surface area (Å²) in [6, 6.07) is 5.60. The number of carbonyl (C=O) groups excluding carboxylic acids is 1. The van der Waals surface area contributed by atoms with Crippen LogP contribution >= 0.6 is 0 Å². The molecule has 3 rings (SSSR count). The van der Waals surface area contributed by atoms with E-state index in [2.05, 4.69) is 4.98 Å². The van der Waals surface area contributed by atoms with E-state index < -0.39 is 0 Å². The second-order valence-corrected chi connectivity index (χ2v) is 5.44. The van der Waals surface area contributed by atoms with E-state index in [0.29, 0.717) is 5.69 Å². The molecule has 0 aromatic carbocycles. The molecule has 96 valence electrons. The molecule has 2 fully saturated rings. The van der Waals surface area contributed by atoms with Crippen LogP contribution in [0.2, 0.25) is 0 Å². The Hall–Kier alpha value is -1.42. The molecular weight excluding hydrogens is 228 g/mol. The zero-order valence-electron chi connectivity index (χ0n) is 10.7. The van der Waals surface area contributed by atoms with Gasteiger partial charge in [-0.2, -0.15) is 0 Å². The second-order valence-electron chi connectivity index (χ2n) is 5.44. The molecule has 1 spiro atoms. The van der Waals surface area contributed by atoms with E-state index in [1.54, 1.807) is 6.07 Å². The van der Waals surface area contributed by atoms with Gasteiger partial charge in [-0.1, -0.05) is 6.07 Å². The third-order valence-corrected chi connectivity index (χ3v) is 4.02. The third kappa shape index (κ3) is 2.01. The number of aromatic nitrogens is 1. The molecule has 1 atom stereocenters. The molecule has 3 heterocycles. The van der Waals surface area contributed by atoms with Crippen molar-refractivity contribution >= 4 is 5.91 Å². The Morgan fingerprint density at radius 2 is 2.33 bits per heavy atom. The summed E-state index contributed by atoms with van der Waals surface area (Å²) in [6.45, 7) is 5.20. The Kier molecular flexibility index (Phi) is 2.82. The highest BCUT2D eigenvalue weighted by Crippen LogP contribution is 2.38. The first-order valence-electron chi connectivity index (χ1n) is 6.49. The van der Waals surface area contributed by atoms with Crippen molar-refractivity contribution in [2.24, 2.45) is 5.41 Å². The third-order valence-electron chi connectivity index (χ3n) is 4.02. The molecule has 1 amide bonds. The largest absolute Gasteiger partial charge is 0.381 e. The first-order valence-corrected chi connectivity index (χ1v) is 6.49. The first kappa shape index (κ1) is 11.7. The lowest BCUT2D eigenvalue weighted by molar-refractivity contribution is 0.0759. The van der Waals surface area contributed by atoms with E-state index in [-0.39, 0.29) is 11.3 Å². The summed E-state index contributed by atoms with van der Waals surface area (Å²) in [5.41, 5.74) is 1.67. The van der Waals surface area contributed by atoms with E-state index in [4.69, 9.17) is 4.74 Å². The lowest BCUT2D eigenvalue weighted by Gasteiger charge is -2.21. The van der Waals surface area contributed by atoms with Gasteiger partial charge >= 0.3 is 0 Å². The lowest BCUT2D eigenvalue weighted by Crippen LogP contribution is -2.33. The molecule has 4 heteroatoms. The van der Waals surface area contributed by atoms with Crippen molar-refractivity contribution in [3.63, 3.8) is 0 Å². The molecule has 0 aliphatic carbocycles. The van der Waals surface area contributed by atoms with Crippen LogP contribution in [0.5, 0.6) is 0 Å². The second kappa shape index (κ2) is 4.35. The molecule has 2 saturated heterocycles. The highest BCUT2D eigenvalue weighted by atomic mass is 16.5. The number of carbonyl (C=O) groups is 1. The van der Waals surface area contributed by atoms with Crippen LogP contribution in [0.3, 0.4) is 0 Å². The Labute approximate surface area is 107 Å². The summed E-state index contributed by atoms with van der Waals surface area (Å²) in [6.07, 6.45) is 2.14. The maximum absolute atomic E-state index is 12.4. The molecule has 2 aliphatic heterocycles. The van der Waals surface area contributed by atoms with Crippen molar-refractivity contribution in [1.29, 1.82) is 0 Å². The fourth-order valence-electron chi connectivity index (χ4n) is 2.90. The van der Waals surface area contributed by atoms with Gasteiger partial charge in [0.15, 0.2) is 0 Å². The molecule has 0 N–H and O–H groups in total. The molecule has 1 aromatic rings. The van der Waals surface area contributed by atoms with E-state index in [9.17, 15) is 4.79 Å². The van der Waals surface area contributed by atoms with E-state index >= 15 is 0 Å². The van der Waals surface area contributed by atoms with Gasteiger partial charge in [-0.25, -0.2) is 4.98 Å². The highest BCUT2D eigenvalue weighted by molar-refractivity contribution is 5.92. The first-order chi connectivity index (χ1) is 8.69. The molecular formula is C14H18N2O2. The van der Waals surface area contributed by atoms with Crippen LogP contribution in [0, 0.1) is 12.3 Å². The topological polar surface area (TPSA) is 42.4 Å². The number of rotatable bonds is 1. The molecule has 0 unspecified atom stereocenters. The van der Waals surface area contributed by atoms with Gasteiger partial charge < -0.3 is 9.64 Å². The van der Waals surface area contributed by atoms with Gasteiger partial charge in [-0.15, -0.1) is 0 Å². The van der Waals surface area contributed by atoms with Gasteiger partial charge in [0.05, 0.1) is 6.61 Å². The summed E-state index contributed by atoms with van der Waals surface area (Å²) in [5, 5.41) is 0. The number of amides is 1. The number of pyridine rings is 1. The predicted molar refractivity (Wildman–Crippen MR) is 67.4 cm³/mol. The van der Waals surface area contributed by atoms with E-state index in [1.807, 2.05) is 24.0 Å². The smallest absolute Gasteiger partial charge is 0.272 e. The molecule has 0 saturated carbocycles. The lowest BCUT2D eigenvalue weighted by atomic mass is 9.87. The molecule has 0 bridgehead atoms. The quantitative estimate of drug-likeness (QED) is 0.756. The summed E-state index contributed by atoms with van der Waals surface area (Å²) >= 11 is 0. The molecule has 4 nitrogen and oxygen atoms in total. The molecule has 0 radical (unpaired) electrons. The van der Waals surface area contributed by atoms with Crippen LogP contribution in [0.25, 0.3) is 0 Å². The van der Waals surface area contributed by atoms with Crippen LogP contribution in [-0.4, -0.2) is 42.1 Å². The normalized spacial score (nSPS) is 27.1. The minimum absolute atomic E-state index is 0.0578. The Morgan fingerprint density at radius 3 is 3.06 bits per heavy atom. The fraction of sp³-hybridized carbons (Fsp3) is 0.571. The maximum Gasteiger partial charge on any atom is 0.272 e. The average Bonchev–Trinajstić information content (AvgIpc) is 3.00. The summed E-state index contributed by atoms with van der Waals surface area (Å²) in [7, 11) is 0. The standard InChI is InChI=1S/C14H18N2O2/c1-11-3-2-4-12(15-11)13(17)16-7-5-14(9-16)6-8-18-10-14/h2-4H,5-10H2,1H3/t14-/m0/s1. The predicted octanol–water partition coefficient (Wildman–Crippen LogP) is 1.64. The zero-order chi connectivity index (χ0) is 12.6. The van der Waals surface area contributed by atoms with Crippen LogP contribution in [0.4, 0.5) is 0 Å². The van der Waals surface area contributed by atoms with Gasteiger partial charge in [-0.3, -0.25) is 4.79 Å². The van der Waals surface area contributed by atoms with Crippen LogP contribution in [0.15, 0.2) is 18.2 Å². The van der Waals surface area contributed by atoms with Crippen LogP contribution in [-0.2, 0) is 4.74 Å². The number of hydrogen-bond donors (Lipinski definition) is 0. The van der Waals surface area contributed by atoms with Crippen LogP contribution in [0.1, 0.15) is 29.0 Å². The number of likely N-dealkylation sites (tertiary alicyclic amines) is 1. The van der Waals surface area contributed by atoms with Crippen molar-refractivity contribution in [3.8, 4) is 0 Å². The number of hydrogen-bond acceptors (Lipinski definition) is 3. The Morgan fingerprint density at radius 1 is 1.44 bits per heavy atom. The van der Waals surface area contributed by atoms with Crippen molar-refractivity contribution < 1.29 is 9.53 Å².